The van der Waals surface area contributed by atoms with Crippen molar-refractivity contribution in [2.75, 3.05) is 5.32 Å². The molecule has 1 aromatic heterocycles. The molecular weight excluding hydrogens is 492 g/mol. The van der Waals surface area contributed by atoms with E-state index >= 15 is 0 Å². The number of rotatable bonds is 3. The van der Waals surface area contributed by atoms with Crippen LogP contribution in [0.1, 0.15) is 78.5 Å². The highest BCUT2D eigenvalue weighted by molar-refractivity contribution is 9.10. The van der Waals surface area contributed by atoms with Crippen LogP contribution in [0.2, 0.25) is 0 Å². The summed E-state index contributed by atoms with van der Waals surface area (Å²) in [6.07, 6.45) is 8.94. The lowest BCUT2D eigenvalue weighted by Crippen LogP contribution is -2.33. The van der Waals surface area contributed by atoms with Crippen LogP contribution in [-0.2, 0) is 42.3 Å². The molecule has 2 bridgehead atoms. The quantitative estimate of drug-likeness (QED) is 0.534. The molecule has 1 fully saturated rings. The van der Waals surface area contributed by atoms with E-state index in [0.29, 0.717) is 0 Å². The number of hydrogen-bond donors (Lipinski definition) is 3. The van der Waals surface area contributed by atoms with Crippen molar-refractivity contribution in [1.29, 1.82) is 0 Å². The van der Waals surface area contributed by atoms with Gasteiger partial charge in [-0.05, 0) is 92.9 Å². The smallest absolute Gasteiger partial charge is 0.331 e. The van der Waals surface area contributed by atoms with E-state index in [1.165, 1.54) is 26.7 Å². The van der Waals surface area contributed by atoms with Crippen LogP contribution in [0.25, 0.3) is 0 Å². The Balaban J connectivity index is 1.24. The van der Waals surface area contributed by atoms with E-state index in [-0.39, 0.29) is 16.9 Å². The Morgan fingerprint density at radius 3 is 2.50 bits per heavy atom. The molecule has 6 nitrogen and oxygen atoms in total. The third-order valence-electron chi connectivity index (χ3n) is 8.06. The van der Waals surface area contributed by atoms with Crippen LogP contribution in [0.4, 0.5) is 10.5 Å². The Hall–Kier alpha value is -1.64. The summed E-state index contributed by atoms with van der Waals surface area (Å²) in [5, 5.41) is 14.2. The number of anilines is 1. The van der Waals surface area contributed by atoms with E-state index < -0.39 is 22.6 Å². The Labute approximate surface area is 198 Å². The monoisotopic (exact) mass is 518 g/mol. The number of carbonyl (C=O) groups excluding carboxylic acids is 1. The first-order chi connectivity index (χ1) is 15.3. The molecule has 1 saturated carbocycles. The van der Waals surface area contributed by atoms with Gasteiger partial charge in [0.2, 0.25) is 5.09 Å². The van der Waals surface area contributed by atoms with Gasteiger partial charge in [-0.15, -0.1) is 0 Å². The summed E-state index contributed by atoms with van der Waals surface area (Å²) >= 11 is 3.80. The molecule has 32 heavy (non-hydrogen) atoms. The lowest BCUT2D eigenvalue weighted by atomic mass is 9.76. The van der Waals surface area contributed by atoms with Crippen molar-refractivity contribution in [1.82, 2.24) is 4.72 Å². The summed E-state index contributed by atoms with van der Waals surface area (Å²) < 4.78 is 22.7. The maximum atomic E-state index is 13.0. The molecule has 0 spiro atoms. The fraction of sp³-hybridized carbons (Fsp3) is 0.542. The van der Waals surface area contributed by atoms with Crippen molar-refractivity contribution in [3.8, 4) is 0 Å². The molecule has 4 atom stereocenters. The number of carbonyl (C=O) groups is 1. The van der Waals surface area contributed by atoms with Gasteiger partial charge in [0, 0.05) is 27.7 Å². The van der Waals surface area contributed by atoms with Crippen LogP contribution in [0.15, 0.2) is 20.0 Å². The van der Waals surface area contributed by atoms with Crippen LogP contribution >= 0.6 is 15.9 Å². The van der Waals surface area contributed by atoms with Crippen molar-refractivity contribution < 1.29 is 18.5 Å². The third kappa shape index (κ3) is 3.06. The van der Waals surface area contributed by atoms with Gasteiger partial charge < -0.3 is 14.8 Å². The van der Waals surface area contributed by atoms with E-state index in [2.05, 4.69) is 26.0 Å². The van der Waals surface area contributed by atoms with Gasteiger partial charge in [-0.1, -0.05) is 15.9 Å². The summed E-state index contributed by atoms with van der Waals surface area (Å²) in [5.74, 6) is 1.21. The van der Waals surface area contributed by atoms with Crippen LogP contribution < -0.4 is 10.0 Å². The molecule has 0 aliphatic heterocycles. The Morgan fingerprint density at radius 2 is 1.81 bits per heavy atom. The number of urea groups is 1. The van der Waals surface area contributed by atoms with Gasteiger partial charge in [0.25, 0.3) is 0 Å². The van der Waals surface area contributed by atoms with Crippen molar-refractivity contribution in [3.05, 3.63) is 44.1 Å². The van der Waals surface area contributed by atoms with Crippen LogP contribution in [0.3, 0.4) is 0 Å². The maximum absolute atomic E-state index is 13.0. The zero-order valence-corrected chi connectivity index (χ0v) is 20.5. The third-order valence-corrected chi connectivity index (χ3v) is 9.95. The van der Waals surface area contributed by atoms with Crippen molar-refractivity contribution in [2.24, 2.45) is 5.92 Å². The number of benzene rings is 1. The minimum Gasteiger partial charge on any atom is -0.450 e. The zero-order chi connectivity index (χ0) is 22.2. The molecule has 4 unspecified atom stereocenters. The highest BCUT2D eigenvalue weighted by Gasteiger charge is 2.49. The highest BCUT2D eigenvalue weighted by atomic mass is 79.9. The summed E-state index contributed by atoms with van der Waals surface area (Å²) in [4.78, 5) is 12.9. The summed E-state index contributed by atoms with van der Waals surface area (Å²) in [6, 6.07) is 1.18. The number of amides is 2. The molecule has 2 aromatic rings. The Bertz CT molecular complexity index is 1140. The summed E-state index contributed by atoms with van der Waals surface area (Å²) in [6.45, 7) is 1.81. The lowest BCUT2D eigenvalue weighted by molar-refractivity contribution is -0.0115. The first-order valence-electron chi connectivity index (χ1n) is 11.6. The average molecular weight is 519 g/mol. The Kier molecular flexibility index (Phi) is 4.86. The molecule has 4 aliphatic rings. The fourth-order valence-electron chi connectivity index (χ4n) is 6.43. The van der Waals surface area contributed by atoms with Crippen LogP contribution in [0.5, 0.6) is 0 Å². The number of halogens is 1. The molecule has 1 aromatic carbocycles. The summed E-state index contributed by atoms with van der Waals surface area (Å²) in [7, 11) is -1.84. The molecule has 8 heteroatoms. The summed E-state index contributed by atoms with van der Waals surface area (Å²) in [5.41, 5.74) is 5.68. The molecule has 170 valence electrons. The SMILES string of the molecule is CC1(O)c2cc(S(=O)NC(=O)Nc3c4c(c(Br)c5c3CCC5)CCC4)oc2C2CCC1C2. The van der Waals surface area contributed by atoms with Gasteiger partial charge >= 0.3 is 6.03 Å². The van der Waals surface area contributed by atoms with Crippen molar-refractivity contribution >= 4 is 38.6 Å². The van der Waals surface area contributed by atoms with Crippen molar-refractivity contribution in [2.45, 2.75) is 81.3 Å². The van der Waals surface area contributed by atoms with E-state index in [9.17, 15) is 14.1 Å². The number of fused-ring (bicyclic) bond motifs is 6. The lowest BCUT2D eigenvalue weighted by Gasteiger charge is -2.33. The molecule has 0 saturated heterocycles. The first-order valence-corrected chi connectivity index (χ1v) is 13.5. The van der Waals surface area contributed by atoms with E-state index in [1.54, 1.807) is 6.07 Å². The second-order valence-corrected chi connectivity index (χ2v) is 11.8. The van der Waals surface area contributed by atoms with Gasteiger partial charge in [0.1, 0.15) is 5.76 Å². The predicted octanol–water partition coefficient (Wildman–Crippen LogP) is 4.97. The number of aliphatic hydroxyl groups is 1. The largest absolute Gasteiger partial charge is 0.450 e. The zero-order valence-electron chi connectivity index (χ0n) is 18.1. The minimum atomic E-state index is -1.84. The van der Waals surface area contributed by atoms with Crippen LogP contribution in [-0.4, -0.2) is 15.3 Å². The standard InChI is InChI=1S/C24H27BrN2O4S/c1-24(29)13-9-8-12(10-13)22-18(24)11-19(31-22)32(30)27-23(28)26-21-16-6-2-4-14(16)20(25)15-5-3-7-17(15)21/h11-13,29H,2-10H2,1H3,(H2,26,27,28). The number of furan rings is 1. The topological polar surface area (TPSA) is 91.6 Å². The molecule has 6 rings (SSSR count). The van der Waals surface area contributed by atoms with E-state index in [0.717, 1.165) is 74.8 Å². The van der Waals surface area contributed by atoms with E-state index in [1.807, 2.05) is 6.92 Å². The van der Waals surface area contributed by atoms with Gasteiger partial charge in [-0.2, -0.15) is 0 Å². The second-order valence-electron chi connectivity index (χ2n) is 9.83. The van der Waals surface area contributed by atoms with Gasteiger partial charge in [-0.3, -0.25) is 0 Å². The fourth-order valence-corrected chi connectivity index (χ4v) is 8.02. The highest BCUT2D eigenvalue weighted by Crippen LogP contribution is 2.55. The van der Waals surface area contributed by atoms with Gasteiger partial charge in [0.15, 0.2) is 11.0 Å². The minimum absolute atomic E-state index is 0.198. The molecular formula is C24H27BrN2O4S. The molecule has 1 heterocycles. The predicted molar refractivity (Wildman–Crippen MR) is 125 cm³/mol. The average Bonchev–Trinajstić information content (AvgIpc) is 3.53. The van der Waals surface area contributed by atoms with Gasteiger partial charge in [-0.25, -0.2) is 13.7 Å². The molecule has 2 amide bonds. The molecule has 3 N–H and O–H groups in total. The second kappa shape index (κ2) is 7.43. The molecule has 4 aliphatic carbocycles. The first kappa shape index (κ1) is 20.9. The molecule has 0 radical (unpaired) electrons. The maximum Gasteiger partial charge on any atom is 0.331 e. The van der Waals surface area contributed by atoms with Gasteiger partial charge in [0.05, 0.1) is 5.60 Å². The number of hydrogen-bond acceptors (Lipinski definition) is 4. The van der Waals surface area contributed by atoms with Crippen molar-refractivity contribution in [3.63, 3.8) is 0 Å². The van der Waals surface area contributed by atoms with E-state index in [4.69, 9.17) is 4.42 Å². The normalized spacial score (nSPS) is 28.2. The van der Waals surface area contributed by atoms with Crippen LogP contribution in [0, 0.1) is 5.92 Å². The Morgan fingerprint density at radius 1 is 1.16 bits per heavy atom. The number of nitrogens with one attached hydrogen (secondary N) is 2.